The fourth-order valence-corrected chi connectivity index (χ4v) is 1.89. The van der Waals surface area contributed by atoms with Crippen LogP contribution in [-0.4, -0.2) is 41.5 Å². The van der Waals surface area contributed by atoms with E-state index in [0.717, 1.165) is 0 Å². The van der Waals surface area contributed by atoms with Gasteiger partial charge in [-0.15, -0.1) is 0 Å². The standard InChI is InChI=1S/C11H16N2O4/c1-8-6-12-17-9(8)10(15)13-11(7-14)2-4-16-5-3-11/h6,14H,2-5,7H2,1H3,(H,13,15). The van der Waals surface area contributed by atoms with Crippen LogP contribution < -0.4 is 5.32 Å². The second-order valence-corrected chi connectivity index (χ2v) is 4.34. The van der Waals surface area contributed by atoms with Crippen LogP contribution in [0.4, 0.5) is 0 Å². The van der Waals surface area contributed by atoms with E-state index in [4.69, 9.17) is 9.26 Å². The van der Waals surface area contributed by atoms with E-state index in [-0.39, 0.29) is 18.3 Å². The van der Waals surface area contributed by atoms with Crippen molar-refractivity contribution in [3.05, 3.63) is 17.5 Å². The molecule has 0 unspecified atom stereocenters. The van der Waals surface area contributed by atoms with Gasteiger partial charge in [-0.25, -0.2) is 0 Å². The summed E-state index contributed by atoms with van der Waals surface area (Å²) in [5, 5.41) is 15.8. The van der Waals surface area contributed by atoms with Crippen LogP contribution in [0.3, 0.4) is 0 Å². The molecule has 0 bridgehead atoms. The van der Waals surface area contributed by atoms with Gasteiger partial charge in [-0.2, -0.15) is 0 Å². The number of aliphatic hydroxyl groups is 1. The van der Waals surface area contributed by atoms with Crippen molar-refractivity contribution in [1.29, 1.82) is 0 Å². The van der Waals surface area contributed by atoms with Gasteiger partial charge in [-0.05, 0) is 19.8 Å². The third-order valence-electron chi connectivity index (χ3n) is 3.09. The van der Waals surface area contributed by atoms with Crippen LogP contribution in [0.2, 0.25) is 0 Å². The van der Waals surface area contributed by atoms with Crippen LogP contribution in [0, 0.1) is 6.92 Å². The molecule has 1 aromatic rings. The van der Waals surface area contributed by atoms with E-state index in [0.29, 0.717) is 31.6 Å². The Morgan fingerprint density at radius 2 is 2.29 bits per heavy atom. The number of amides is 1. The lowest BCUT2D eigenvalue weighted by atomic mass is 9.91. The molecule has 1 aromatic heterocycles. The van der Waals surface area contributed by atoms with Crippen LogP contribution in [-0.2, 0) is 4.74 Å². The van der Waals surface area contributed by atoms with Crippen LogP contribution in [0.25, 0.3) is 0 Å². The number of carbonyl (C=O) groups is 1. The molecule has 0 spiro atoms. The number of aromatic nitrogens is 1. The zero-order valence-electron chi connectivity index (χ0n) is 9.73. The topological polar surface area (TPSA) is 84.6 Å². The maximum Gasteiger partial charge on any atom is 0.290 e. The summed E-state index contributed by atoms with van der Waals surface area (Å²) in [7, 11) is 0. The zero-order valence-corrected chi connectivity index (χ0v) is 9.73. The molecule has 2 rings (SSSR count). The molecule has 1 amide bonds. The normalized spacial score (nSPS) is 18.9. The highest BCUT2D eigenvalue weighted by Crippen LogP contribution is 2.21. The van der Waals surface area contributed by atoms with Crippen LogP contribution in [0.5, 0.6) is 0 Å². The Morgan fingerprint density at radius 3 is 2.82 bits per heavy atom. The highest BCUT2D eigenvalue weighted by Gasteiger charge is 2.34. The van der Waals surface area contributed by atoms with Crippen molar-refractivity contribution in [2.24, 2.45) is 0 Å². The summed E-state index contributed by atoms with van der Waals surface area (Å²) in [6.45, 7) is 2.72. The molecule has 2 heterocycles. The number of aryl methyl sites for hydroxylation is 1. The highest BCUT2D eigenvalue weighted by atomic mass is 16.5. The number of hydrogen-bond donors (Lipinski definition) is 2. The van der Waals surface area contributed by atoms with E-state index in [1.165, 1.54) is 6.20 Å². The molecular formula is C11H16N2O4. The van der Waals surface area contributed by atoms with Crippen molar-refractivity contribution in [3.8, 4) is 0 Å². The Bertz CT molecular complexity index is 396. The van der Waals surface area contributed by atoms with Gasteiger partial charge in [0.05, 0.1) is 18.3 Å². The third-order valence-corrected chi connectivity index (χ3v) is 3.09. The zero-order chi connectivity index (χ0) is 12.3. The summed E-state index contributed by atoms with van der Waals surface area (Å²) in [5.41, 5.74) is 0.0804. The summed E-state index contributed by atoms with van der Waals surface area (Å²) in [4.78, 5) is 12.0. The molecule has 0 aliphatic carbocycles. The van der Waals surface area contributed by atoms with E-state index in [1.54, 1.807) is 6.92 Å². The summed E-state index contributed by atoms with van der Waals surface area (Å²) in [6.07, 6.45) is 2.69. The van der Waals surface area contributed by atoms with E-state index >= 15 is 0 Å². The summed E-state index contributed by atoms with van der Waals surface area (Å²) in [6, 6.07) is 0. The van der Waals surface area contributed by atoms with Crippen LogP contribution >= 0.6 is 0 Å². The third kappa shape index (κ3) is 2.48. The van der Waals surface area contributed by atoms with Gasteiger partial charge in [-0.3, -0.25) is 4.79 Å². The van der Waals surface area contributed by atoms with Crippen molar-refractivity contribution in [2.75, 3.05) is 19.8 Å². The molecule has 94 valence electrons. The molecule has 0 aromatic carbocycles. The van der Waals surface area contributed by atoms with E-state index in [2.05, 4.69) is 10.5 Å². The average Bonchev–Trinajstić information content (AvgIpc) is 2.77. The predicted molar refractivity (Wildman–Crippen MR) is 58.6 cm³/mol. The number of ether oxygens (including phenoxy) is 1. The SMILES string of the molecule is Cc1cnoc1C(=O)NC1(CO)CCOCC1. The minimum absolute atomic E-state index is 0.102. The smallest absolute Gasteiger partial charge is 0.290 e. The minimum Gasteiger partial charge on any atom is -0.394 e. The highest BCUT2D eigenvalue weighted by molar-refractivity contribution is 5.93. The lowest BCUT2D eigenvalue weighted by Gasteiger charge is -2.35. The maximum atomic E-state index is 12.0. The molecule has 6 nitrogen and oxygen atoms in total. The van der Waals surface area contributed by atoms with Crippen molar-refractivity contribution in [3.63, 3.8) is 0 Å². The molecule has 17 heavy (non-hydrogen) atoms. The van der Waals surface area contributed by atoms with Gasteiger partial charge in [0.25, 0.3) is 5.91 Å². The summed E-state index contributed by atoms with van der Waals surface area (Å²) in [5.74, 6) is -0.139. The van der Waals surface area contributed by atoms with Gasteiger partial charge in [0.2, 0.25) is 5.76 Å². The molecule has 1 fully saturated rings. The second kappa shape index (κ2) is 4.85. The Labute approximate surface area is 98.9 Å². The predicted octanol–water partition coefficient (Wildman–Crippen LogP) is 0.254. The number of aliphatic hydroxyl groups excluding tert-OH is 1. The Hall–Kier alpha value is -1.40. The summed E-state index contributed by atoms with van der Waals surface area (Å²) >= 11 is 0. The fraction of sp³-hybridized carbons (Fsp3) is 0.636. The largest absolute Gasteiger partial charge is 0.394 e. The Balaban J connectivity index is 2.08. The van der Waals surface area contributed by atoms with Gasteiger partial charge in [0.15, 0.2) is 0 Å². The first kappa shape index (κ1) is 12.1. The molecule has 1 saturated heterocycles. The molecule has 2 N–H and O–H groups in total. The molecule has 1 aliphatic heterocycles. The minimum atomic E-state index is -0.603. The van der Waals surface area contributed by atoms with Crippen LogP contribution in [0.15, 0.2) is 10.7 Å². The number of rotatable bonds is 3. The van der Waals surface area contributed by atoms with E-state index in [1.807, 2.05) is 0 Å². The monoisotopic (exact) mass is 240 g/mol. The molecule has 0 saturated carbocycles. The van der Waals surface area contributed by atoms with Gasteiger partial charge in [-0.1, -0.05) is 5.16 Å². The molecule has 0 atom stereocenters. The average molecular weight is 240 g/mol. The van der Waals surface area contributed by atoms with E-state index in [9.17, 15) is 9.90 Å². The Morgan fingerprint density at radius 1 is 1.59 bits per heavy atom. The first-order valence-electron chi connectivity index (χ1n) is 5.59. The van der Waals surface area contributed by atoms with Crippen molar-refractivity contribution in [1.82, 2.24) is 10.5 Å². The van der Waals surface area contributed by atoms with Crippen molar-refractivity contribution in [2.45, 2.75) is 25.3 Å². The van der Waals surface area contributed by atoms with Crippen molar-refractivity contribution >= 4 is 5.91 Å². The fourth-order valence-electron chi connectivity index (χ4n) is 1.89. The quantitative estimate of drug-likeness (QED) is 0.791. The van der Waals surface area contributed by atoms with Gasteiger partial charge >= 0.3 is 0 Å². The van der Waals surface area contributed by atoms with Gasteiger partial charge in [0.1, 0.15) is 0 Å². The number of hydrogen-bond acceptors (Lipinski definition) is 5. The Kier molecular flexibility index (Phi) is 3.44. The number of nitrogens with zero attached hydrogens (tertiary/aromatic N) is 1. The van der Waals surface area contributed by atoms with Crippen molar-refractivity contribution < 1.29 is 19.2 Å². The molecule has 0 radical (unpaired) electrons. The van der Waals surface area contributed by atoms with Gasteiger partial charge < -0.3 is 19.7 Å². The lowest BCUT2D eigenvalue weighted by Crippen LogP contribution is -2.54. The second-order valence-electron chi connectivity index (χ2n) is 4.34. The maximum absolute atomic E-state index is 12.0. The first-order valence-corrected chi connectivity index (χ1v) is 5.59. The van der Waals surface area contributed by atoms with E-state index < -0.39 is 5.54 Å². The first-order chi connectivity index (χ1) is 8.17. The lowest BCUT2D eigenvalue weighted by molar-refractivity contribution is 0.0118. The molecular weight excluding hydrogens is 224 g/mol. The molecule has 1 aliphatic rings. The van der Waals surface area contributed by atoms with Gasteiger partial charge in [0, 0.05) is 18.8 Å². The van der Waals surface area contributed by atoms with Crippen LogP contribution in [0.1, 0.15) is 29.0 Å². The summed E-state index contributed by atoms with van der Waals surface area (Å²) < 4.78 is 10.1. The number of nitrogens with one attached hydrogen (secondary N) is 1. The number of carbonyl (C=O) groups excluding carboxylic acids is 1. The molecule has 6 heteroatoms.